The predicted molar refractivity (Wildman–Crippen MR) is 48.6 cm³/mol. The van der Waals surface area contributed by atoms with Crippen LogP contribution in [0.4, 0.5) is 8.78 Å². The Morgan fingerprint density at radius 1 is 1.43 bits per heavy atom. The highest BCUT2D eigenvalue weighted by Gasteiger charge is 2.32. The lowest BCUT2D eigenvalue weighted by Gasteiger charge is -2.09. The van der Waals surface area contributed by atoms with Gasteiger partial charge in [0.1, 0.15) is 5.15 Å². The molecule has 1 aromatic heterocycles. The summed E-state index contributed by atoms with van der Waals surface area (Å²) in [4.78, 5) is 7.34. The molecule has 1 fully saturated rings. The van der Waals surface area contributed by atoms with E-state index in [1.54, 1.807) is 6.07 Å². The Balaban J connectivity index is 2.41. The van der Waals surface area contributed by atoms with Crippen LogP contribution in [0.15, 0.2) is 6.07 Å². The van der Waals surface area contributed by atoms with Gasteiger partial charge in [0.15, 0.2) is 5.82 Å². The highest BCUT2D eigenvalue weighted by Crippen LogP contribution is 2.40. The maximum Gasteiger partial charge on any atom is 0.303 e. The molecule has 14 heavy (non-hydrogen) atoms. The van der Waals surface area contributed by atoms with Crippen LogP contribution in [-0.4, -0.2) is 9.97 Å². The number of hydrogen-bond acceptors (Lipinski definition) is 2. The van der Waals surface area contributed by atoms with Crippen LogP contribution in [0.1, 0.15) is 37.2 Å². The van der Waals surface area contributed by atoms with Crippen LogP contribution in [0, 0.1) is 0 Å². The Labute approximate surface area is 85.3 Å². The van der Waals surface area contributed by atoms with Gasteiger partial charge in [0, 0.05) is 18.5 Å². The second kappa shape index (κ2) is 3.12. The molecule has 0 saturated heterocycles. The van der Waals surface area contributed by atoms with Gasteiger partial charge in [-0.1, -0.05) is 11.6 Å². The fourth-order valence-electron chi connectivity index (χ4n) is 1.22. The van der Waals surface area contributed by atoms with E-state index in [0.29, 0.717) is 11.6 Å². The van der Waals surface area contributed by atoms with E-state index in [9.17, 15) is 8.78 Å². The van der Waals surface area contributed by atoms with Crippen molar-refractivity contribution in [2.45, 2.75) is 31.6 Å². The first-order chi connectivity index (χ1) is 6.47. The lowest BCUT2D eigenvalue weighted by molar-refractivity contribution is 0.00746. The van der Waals surface area contributed by atoms with Crippen LogP contribution < -0.4 is 0 Å². The van der Waals surface area contributed by atoms with E-state index in [2.05, 4.69) is 9.97 Å². The summed E-state index contributed by atoms with van der Waals surface area (Å²) in [6.45, 7) is 0.773. The summed E-state index contributed by atoms with van der Waals surface area (Å²) in [6.07, 6.45) is 2.00. The predicted octanol–water partition coefficient (Wildman–Crippen LogP) is 3.12. The van der Waals surface area contributed by atoms with Crippen LogP contribution in [-0.2, 0) is 5.92 Å². The number of nitrogens with zero attached hydrogens (tertiary/aromatic N) is 2. The van der Waals surface area contributed by atoms with Crippen LogP contribution in [0.3, 0.4) is 0 Å². The Morgan fingerprint density at radius 3 is 2.57 bits per heavy atom. The Kier molecular flexibility index (Phi) is 2.18. The van der Waals surface area contributed by atoms with Crippen molar-refractivity contribution < 1.29 is 8.78 Å². The molecule has 0 N–H and O–H groups in total. The van der Waals surface area contributed by atoms with Crippen LogP contribution in [0.2, 0.25) is 5.15 Å². The first kappa shape index (κ1) is 9.77. The third kappa shape index (κ3) is 2.00. The lowest BCUT2D eigenvalue weighted by atomic mass is 10.2. The number of rotatable bonds is 2. The first-order valence-electron chi connectivity index (χ1n) is 4.39. The molecule has 0 spiro atoms. The second-order valence-electron chi connectivity index (χ2n) is 3.60. The normalized spacial score (nSPS) is 17.1. The van der Waals surface area contributed by atoms with Crippen LogP contribution in [0.5, 0.6) is 0 Å². The van der Waals surface area contributed by atoms with Gasteiger partial charge in [-0.25, -0.2) is 9.97 Å². The summed E-state index contributed by atoms with van der Waals surface area (Å²) in [5.41, 5.74) is 0.640. The van der Waals surface area contributed by atoms with E-state index in [-0.39, 0.29) is 5.15 Å². The van der Waals surface area contributed by atoms with Crippen molar-refractivity contribution in [1.82, 2.24) is 9.97 Å². The Bertz CT molecular complexity index is 358. The molecule has 0 aromatic carbocycles. The fraction of sp³-hybridized carbons (Fsp3) is 0.556. The molecule has 1 saturated carbocycles. The molecule has 1 heterocycles. The number of hydrogen-bond donors (Lipinski definition) is 0. The molecular formula is C9H9ClF2N2. The molecule has 0 unspecified atom stereocenters. The van der Waals surface area contributed by atoms with E-state index in [4.69, 9.17) is 11.6 Å². The van der Waals surface area contributed by atoms with E-state index in [1.807, 2.05) is 0 Å². The first-order valence-corrected chi connectivity index (χ1v) is 4.77. The number of aromatic nitrogens is 2. The fourth-order valence-corrected chi connectivity index (χ4v) is 1.41. The van der Waals surface area contributed by atoms with E-state index < -0.39 is 11.7 Å². The van der Waals surface area contributed by atoms with E-state index >= 15 is 0 Å². The Morgan fingerprint density at radius 2 is 2.07 bits per heavy atom. The van der Waals surface area contributed by atoms with Gasteiger partial charge in [-0.2, -0.15) is 8.78 Å². The maximum absolute atomic E-state index is 12.9. The minimum Gasteiger partial charge on any atom is -0.232 e. The Hall–Kier alpha value is -0.770. The van der Waals surface area contributed by atoms with Crippen molar-refractivity contribution in [2.24, 2.45) is 0 Å². The number of halogens is 3. The van der Waals surface area contributed by atoms with Gasteiger partial charge in [-0.15, -0.1) is 0 Å². The van der Waals surface area contributed by atoms with Gasteiger partial charge < -0.3 is 0 Å². The van der Waals surface area contributed by atoms with E-state index in [0.717, 1.165) is 19.8 Å². The molecular weight excluding hydrogens is 210 g/mol. The van der Waals surface area contributed by atoms with Crippen LogP contribution >= 0.6 is 11.6 Å². The van der Waals surface area contributed by atoms with E-state index in [1.165, 1.54) is 0 Å². The molecule has 76 valence electrons. The summed E-state index contributed by atoms with van der Waals surface area (Å²) in [5.74, 6) is -3.20. The standard InChI is InChI=1S/C9H9ClF2N2/c1-9(11,12)8-13-6(5-2-3-5)4-7(10)14-8/h4-5H,2-3H2,1H3. The molecule has 0 radical (unpaired) electrons. The summed E-state index contributed by atoms with van der Waals surface area (Å²) in [5, 5.41) is 0.0958. The van der Waals surface area contributed by atoms with Gasteiger partial charge in [0.2, 0.25) is 0 Å². The minimum absolute atomic E-state index is 0.0958. The smallest absolute Gasteiger partial charge is 0.232 e. The second-order valence-corrected chi connectivity index (χ2v) is 3.99. The van der Waals surface area contributed by atoms with Crippen molar-refractivity contribution in [2.75, 3.05) is 0 Å². The highest BCUT2D eigenvalue weighted by molar-refractivity contribution is 6.29. The van der Waals surface area contributed by atoms with Crippen molar-refractivity contribution in [3.8, 4) is 0 Å². The monoisotopic (exact) mass is 218 g/mol. The van der Waals surface area contributed by atoms with Crippen molar-refractivity contribution in [3.05, 3.63) is 22.7 Å². The van der Waals surface area contributed by atoms with Gasteiger partial charge in [-0.3, -0.25) is 0 Å². The molecule has 1 aliphatic rings. The third-order valence-corrected chi connectivity index (χ3v) is 2.30. The van der Waals surface area contributed by atoms with Crippen molar-refractivity contribution in [1.29, 1.82) is 0 Å². The zero-order valence-corrected chi connectivity index (χ0v) is 8.35. The topological polar surface area (TPSA) is 25.8 Å². The molecule has 5 heteroatoms. The van der Waals surface area contributed by atoms with Gasteiger partial charge in [0.05, 0.1) is 0 Å². The molecule has 0 aliphatic heterocycles. The average molecular weight is 219 g/mol. The van der Waals surface area contributed by atoms with Crippen LogP contribution in [0.25, 0.3) is 0 Å². The van der Waals surface area contributed by atoms with Gasteiger partial charge in [0.25, 0.3) is 0 Å². The molecule has 2 rings (SSSR count). The molecule has 0 bridgehead atoms. The quantitative estimate of drug-likeness (QED) is 0.713. The number of alkyl halides is 2. The average Bonchev–Trinajstić information content (AvgIpc) is 2.83. The zero-order valence-electron chi connectivity index (χ0n) is 7.60. The SMILES string of the molecule is CC(F)(F)c1nc(Cl)cc(C2CC2)n1. The molecule has 0 amide bonds. The highest BCUT2D eigenvalue weighted by atomic mass is 35.5. The molecule has 1 aliphatic carbocycles. The molecule has 1 aromatic rings. The minimum atomic E-state index is -3.02. The third-order valence-electron chi connectivity index (χ3n) is 2.10. The van der Waals surface area contributed by atoms with Gasteiger partial charge in [-0.05, 0) is 18.9 Å². The largest absolute Gasteiger partial charge is 0.303 e. The van der Waals surface area contributed by atoms with Gasteiger partial charge >= 0.3 is 5.92 Å². The summed E-state index contributed by atoms with van der Waals surface area (Å²) < 4.78 is 25.8. The zero-order chi connectivity index (χ0) is 10.3. The van der Waals surface area contributed by atoms with Crippen molar-refractivity contribution in [3.63, 3.8) is 0 Å². The maximum atomic E-state index is 12.9. The summed E-state index contributed by atoms with van der Waals surface area (Å²) in [6, 6.07) is 1.56. The summed E-state index contributed by atoms with van der Waals surface area (Å²) >= 11 is 5.64. The van der Waals surface area contributed by atoms with Crippen molar-refractivity contribution >= 4 is 11.6 Å². The summed E-state index contributed by atoms with van der Waals surface area (Å²) in [7, 11) is 0. The molecule has 2 nitrogen and oxygen atoms in total. The lowest BCUT2D eigenvalue weighted by Crippen LogP contribution is -2.13. The molecule has 0 atom stereocenters.